The fourth-order valence-electron chi connectivity index (χ4n) is 3.93. The van der Waals surface area contributed by atoms with Crippen molar-refractivity contribution < 1.29 is 22.7 Å². The summed E-state index contributed by atoms with van der Waals surface area (Å²) in [6, 6.07) is 15.7. The average Bonchev–Trinajstić information content (AvgIpc) is 3.23. The number of nitrogens with one attached hydrogen (secondary N) is 2. The molecule has 0 radical (unpaired) electrons. The van der Waals surface area contributed by atoms with Gasteiger partial charge in [0, 0.05) is 37.8 Å². The smallest absolute Gasteiger partial charge is 0.406 e. The standard InChI is InChI=1S/C21H23F3N4O2/c22-21(23,24)30-17-8-4-7-16(13-17)20(29)28-11-9-27(10-12-28)19-14-18(25-26-19)15-5-2-1-3-6-15/h1-8,13,18-19,25-26H,9-12,14H2. The average molecular weight is 420 g/mol. The Morgan fingerprint density at radius 3 is 2.40 bits per heavy atom. The number of halogens is 3. The van der Waals surface area contributed by atoms with Gasteiger partial charge in [-0.2, -0.15) is 0 Å². The van der Waals surface area contributed by atoms with E-state index in [9.17, 15) is 18.0 Å². The molecule has 0 aromatic heterocycles. The predicted molar refractivity (Wildman–Crippen MR) is 104 cm³/mol. The van der Waals surface area contributed by atoms with Crippen molar-refractivity contribution in [3.05, 3.63) is 65.7 Å². The van der Waals surface area contributed by atoms with Gasteiger partial charge in [-0.3, -0.25) is 9.69 Å². The molecule has 0 saturated carbocycles. The maximum atomic E-state index is 12.7. The van der Waals surface area contributed by atoms with E-state index in [1.54, 1.807) is 4.90 Å². The number of benzene rings is 2. The number of ether oxygens (including phenoxy) is 1. The molecule has 2 aliphatic heterocycles. The molecule has 2 atom stereocenters. The first-order chi connectivity index (χ1) is 14.4. The Morgan fingerprint density at radius 2 is 1.70 bits per heavy atom. The monoisotopic (exact) mass is 420 g/mol. The molecule has 30 heavy (non-hydrogen) atoms. The van der Waals surface area contributed by atoms with Crippen LogP contribution < -0.4 is 15.6 Å². The molecular formula is C21H23F3N4O2. The molecule has 0 bridgehead atoms. The molecule has 9 heteroatoms. The summed E-state index contributed by atoms with van der Waals surface area (Å²) >= 11 is 0. The van der Waals surface area contributed by atoms with E-state index < -0.39 is 6.36 Å². The summed E-state index contributed by atoms with van der Waals surface area (Å²) in [4.78, 5) is 16.7. The zero-order chi connectivity index (χ0) is 21.1. The third-order valence-corrected chi connectivity index (χ3v) is 5.44. The highest BCUT2D eigenvalue weighted by molar-refractivity contribution is 5.94. The van der Waals surface area contributed by atoms with Crippen LogP contribution in [0.2, 0.25) is 0 Å². The topological polar surface area (TPSA) is 56.8 Å². The summed E-state index contributed by atoms with van der Waals surface area (Å²) in [5.74, 6) is -0.679. The SMILES string of the molecule is O=C(c1cccc(OC(F)(F)F)c1)N1CCN(C2CC(c3ccccc3)NN2)CC1. The molecule has 2 aromatic carbocycles. The number of alkyl halides is 3. The van der Waals surface area contributed by atoms with Gasteiger partial charge in [-0.05, 0) is 30.2 Å². The lowest BCUT2D eigenvalue weighted by atomic mass is 10.0. The van der Waals surface area contributed by atoms with Crippen LogP contribution in [0.4, 0.5) is 13.2 Å². The van der Waals surface area contributed by atoms with Crippen molar-refractivity contribution in [1.29, 1.82) is 0 Å². The van der Waals surface area contributed by atoms with E-state index in [0.29, 0.717) is 26.2 Å². The van der Waals surface area contributed by atoms with Crippen LogP contribution in [0.15, 0.2) is 54.6 Å². The van der Waals surface area contributed by atoms with Crippen LogP contribution in [0.1, 0.15) is 28.4 Å². The van der Waals surface area contributed by atoms with Gasteiger partial charge in [0.05, 0.1) is 6.17 Å². The quantitative estimate of drug-likeness (QED) is 0.797. The molecule has 2 N–H and O–H groups in total. The van der Waals surface area contributed by atoms with Crippen molar-refractivity contribution in [3.63, 3.8) is 0 Å². The maximum absolute atomic E-state index is 12.7. The molecule has 160 valence electrons. The van der Waals surface area contributed by atoms with Crippen LogP contribution in [0.25, 0.3) is 0 Å². The first kappa shape index (κ1) is 20.6. The first-order valence-corrected chi connectivity index (χ1v) is 9.84. The lowest BCUT2D eigenvalue weighted by Crippen LogP contribution is -2.55. The van der Waals surface area contributed by atoms with Crippen LogP contribution in [0.5, 0.6) is 5.75 Å². The van der Waals surface area contributed by atoms with Gasteiger partial charge in [-0.25, -0.2) is 10.9 Å². The molecule has 0 spiro atoms. The van der Waals surface area contributed by atoms with Gasteiger partial charge in [-0.15, -0.1) is 13.2 Å². The number of nitrogens with zero attached hydrogens (tertiary/aromatic N) is 2. The van der Waals surface area contributed by atoms with Crippen molar-refractivity contribution in [2.24, 2.45) is 0 Å². The maximum Gasteiger partial charge on any atom is 0.573 e. The summed E-state index contributed by atoms with van der Waals surface area (Å²) in [6.07, 6.45) is -3.71. The predicted octanol–water partition coefficient (Wildman–Crippen LogP) is 2.91. The van der Waals surface area contributed by atoms with Crippen molar-refractivity contribution in [3.8, 4) is 5.75 Å². The van der Waals surface area contributed by atoms with E-state index in [1.807, 2.05) is 18.2 Å². The molecule has 2 saturated heterocycles. The summed E-state index contributed by atoms with van der Waals surface area (Å²) in [6.45, 7) is 2.39. The lowest BCUT2D eigenvalue weighted by Gasteiger charge is -2.37. The van der Waals surface area contributed by atoms with Gasteiger partial charge >= 0.3 is 6.36 Å². The Kier molecular flexibility index (Phi) is 5.94. The van der Waals surface area contributed by atoms with E-state index in [2.05, 4.69) is 32.6 Å². The molecule has 2 aliphatic rings. The minimum atomic E-state index is -4.78. The second-order valence-corrected chi connectivity index (χ2v) is 7.41. The van der Waals surface area contributed by atoms with Crippen molar-refractivity contribution in [2.45, 2.75) is 25.0 Å². The highest BCUT2D eigenvalue weighted by Gasteiger charge is 2.33. The van der Waals surface area contributed by atoms with Crippen molar-refractivity contribution in [2.75, 3.05) is 26.2 Å². The third-order valence-electron chi connectivity index (χ3n) is 5.44. The fourth-order valence-corrected chi connectivity index (χ4v) is 3.93. The Morgan fingerprint density at radius 1 is 0.967 bits per heavy atom. The van der Waals surface area contributed by atoms with Crippen LogP contribution in [0.3, 0.4) is 0 Å². The number of hydrogen-bond donors (Lipinski definition) is 2. The molecule has 2 aromatic rings. The van der Waals surface area contributed by atoms with E-state index in [-0.39, 0.29) is 29.4 Å². The molecule has 4 rings (SSSR count). The Labute approximate surface area is 172 Å². The van der Waals surface area contributed by atoms with Crippen molar-refractivity contribution in [1.82, 2.24) is 20.7 Å². The van der Waals surface area contributed by atoms with Crippen LogP contribution in [0, 0.1) is 0 Å². The lowest BCUT2D eigenvalue weighted by molar-refractivity contribution is -0.274. The number of rotatable bonds is 4. The van der Waals surface area contributed by atoms with E-state index in [0.717, 1.165) is 12.5 Å². The zero-order valence-electron chi connectivity index (χ0n) is 16.2. The molecule has 6 nitrogen and oxygen atoms in total. The van der Waals surface area contributed by atoms with Crippen molar-refractivity contribution >= 4 is 5.91 Å². The largest absolute Gasteiger partial charge is 0.573 e. The molecule has 2 unspecified atom stereocenters. The van der Waals surface area contributed by atoms with Gasteiger partial charge in [0.1, 0.15) is 5.75 Å². The Hall–Kier alpha value is -2.62. The fraction of sp³-hybridized carbons (Fsp3) is 0.381. The second-order valence-electron chi connectivity index (χ2n) is 7.41. The van der Waals surface area contributed by atoms with Crippen LogP contribution in [-0.4, -0.2) is 54.4 Å². The van der Waals surface area contributed by atoms with Crippen LogP contribution >= 0.6 is 0 Å². The number of piperazine rings is 1. The van der Waals surface area contributed by atoms with Gasteiger partial charge in [0.15, 0.2) is 0 Å². The molecular weight excluding hydrogens is 397 g/mol. The Balaban J connectivity index is 1.32. The first-order valence-electron chi connectivity index (χ1n) is 9.84. The molecule has 0 aliphatic carbocycles. The highest BCUT2D eigenvalue weighted by Crippen LogP contribution is 2.26. The molecule has 2 fully saturated rings. The Bertz CT molecular complexity index is 870. The minimum absolute atomic E-state index is 0.163. The van der Waals surface area contributed by atoms with Gasteiger partial charge in [0.25, 0.3) is 5.91 Å². The highest BCUT2D eigenvalue weighted by atomic mass is 19.4. The van der Waals surface area contributed by atoms with E-state index in [4.69, 9.17) is 0 Å². The summed E-state index contributed by atoms with van der Waals surface area (Å²) < 4.78 is 41.2. The van der Waals surface area contributed by atoms with Crippen LogP contribution in [-0.2, 0) is 0 Å². The number of amides is 1. The summed E-state index contributed by atoms with van der Waals surface area (Å²) in [7, 11) is 0. The summed E-state index contributed by atoms with van der Waals surface area (Å²) in [5.41, 5.74) is 8.07. The number of hydrogen-bond acceptors (Lipinski definition) is 5. The third kappa shape index (κ3) is 4.92. The van der Waals surface area contributed by atoms with Gasteiger partial charge in [-0.1, -0.05) is 36.4 Å². The number of carbonyl (C=O) groups is 1. The van der Waals surface area contributed by atoms with Gasteiger partial charge < -0.3 is 9.64 Å². The van der Waals surface area contributed by atoms with E-state index in [1.165, 1.54) is 23.8 Å². The number of carbonyl (C=O) groups excluding carboxylic acids is 1. The normalized spacial score (nSPS) is 22.8. The second kappa shape index (κ2) is 8.63. The zero-order valence-corrected chi connectivity index (χ0v) is 16.2. The van der Waals surface area contributed by atoms with Gasteiger partial charge in [0.2, 0.25) is 0 Å². The number of hydrazine groups is 1. The molecule has 2 heterocycles. The van der Waals surface area contributed by atoms with E-state index >= 15 is 0 Å². The summed E-state index contributed by atoms with van der Waals surface area (Å²) in [5, 5.41) is 0. The minimum Gasteiger partial charge on any atom is -0.406 e. The molecule has 1 amide bonds.